The first-order chi connectivity index (χ1) is 17.4. The number of methoxy groups -OCH3 is 3. The second-order valence-corrected chi connectivity index (χ2v) is 8.11. The summed E-state index contributed by atoms with van der Waals surface area (Å²) in [4.78, 5) is 25.8. The number of Topliss-reactive ketones (excluding diaryl/α,β-unsaturated/α-hetero) is 1. The minimum Gasteiger partial charge on any atom is -0.493 e. The van der Waals surface area contributed by atoms with Gasteiger partial charge in [0.1, 0.15) is 11.5 Å². The van der Waals surface area contributed by atoms with Gasteiger partial charge in [0, 0.05) is 35.8 Å². The zero-order chi connectivity index (χ0) is 25.4. The van der Waals surface area contributed by atoms with Gasteiger partial charge >= 0.3 is 5.97 Å². The summed E-state index contributed by atoms with van der Waals surface area (Å²) in [6, 6.07) is 15.6. The number of ether oxygens (including phenoxy) is 5. The molecule has 0 saturated heterocycles. The second kappa shape index (κ2) is 9.14. The van der Waals surface area contributed by atoms with Crippen LogP contribution in [0.2, 0.25) is 0 Å². The van der Waals surface area contributed by atoms with E-state index >= 15 is 0 Å². The van der Waals surface area contributed by atoms with Crippen molar-refractivity contribution in [3.63, 3.8) is 0 Å². The molecule has 1 aromatic heterocycles. The van der Waals surface area contributed by atoms with Gasteiger partial charge in [-0.25, -0.2) is 4.79 Å². The molecule has 0 amide bonds. The molecule has 3 aromatic carbocycles. The zero-order valence-electron chi connectivity index (χ0n) is 20.2. The molecule has 0 spiro atoms. The van der Waals surface area contributed by atoms with Crippen LogP contribution in [0.3, 0.4) is 0 Å². The summed E-state index contributed by atoms with van der Waals surface area (Å²) in [7, 11) is 6.35. The molecule has 8 heteroatoms. The lowest BCUT2D eigenvalue weighted by atomic mass is 10.1. The van der Waals surface area contributed by atoms with Crippen LogP contribution < -0.4 is 23.7 Å². The first kappa shape index (κ1) is 23.0. The first-order valence-electron chi connectivity index (χ1n) is 11.1. The summed E-state index contributed by atoms with van der Waals surface area (Å²) in [5, 5.41) is 1.01. The molecule has 8 nitrogen and oxygen atoms in total. The number of benzene rings is 3. The van der Waals surface area contributed by atoms with Gasteiger partial charge in [0.2, 0.25) is 11.5 Å². The number of esters is 1. The molecule has 0 fully saturated rings. The highest BCUT2D eigenvalue weighted by Crippen LogP contribution is 2.39. The molecule has 0 unspecified atom stereocenters. The van der Waals surface area contributed by atoms with Gasteiger partial charge in [-0.15, -0.1) is 0 Å². The Bertz CT molecular complexity index is 1520. The number of carbonyl (C=O) groups excluding carboxylic acids is 2. The monoisotopic (exact) mass is 485 g/mol. The predicted molar refractivity (Wildman–Crippen MR) is 133 cm³/mol. The van der Waals surface area contributed by atoms with Gasteiger partial charge in [0.25, 0.3) is 0 Å². The number of carbonyl (C=O) groups is 2. The average Bonchev–Trinajstić information content (AvgIpc) is 3.38. The van der Waals surface area contributed by atoms with Crippen molar-refractivity contribution in [2.24, 2.45) is 7.05 Å². The molecule has 1 aliphatic heterocycles. The van der Waals surface area contributed by atoms with Crippen molar-refractivity contribution in [2.45, 2.75) is 0 Å². The van der Waals surface area contributed by atoms with E-state index in [-0.39, 0.29) is 22.9 Å². The Morgan fingerprint density at radius 3 is 2.36 bits per heavy atom. The molecule has 2 heterocycles. The van der Waals surface area contributed by atoms with Gasteiger partial charge in [0.15, 0.2) is 17.3 Å². The maximum absolute atomic E-state index is 13.0. The summed E-state index contributed by atoms with van der Waals surface area (Å²) in [6.07, 6.45) is 3.67. The molecule has 182 valence electrons. The maximum Gasteiger partial charge on any atom is 0.343 e. The number of hydrogen-bond donors (Lipinski definition) is 0. The van der Waals surface area contributed by atoms with E-state index < -0.39 is 5.97 Å². The summed E-state index contributed by atoms with van der Waals surface area (Å²) < 4.78 is 29.3. The molecule has 5 rings (SSSR count). The Labute approximate surface area is 207 Å². The van der Waals surface area contributed by atoms with E-state index in [1.54, 1.807) is 18.2 Å². The van der Waals surface area contributed by atoms with E-state index in [9.17, 15) is 9.59 Å². The molecular weight excluding hydrogens is 462 g/mol. The van der Waals surface area contributed by atoms with Crippen LogP contribution in [0.5, 0.6) is 28.7 Å². The van der Waals surface area contributed by atoms with E-state index in [0.29, 0.717) is 28.6 Å². The lowest BCUT2D eigenvalue weighted by Gasteiger charge is -2.13. The van der Waals surface area contributed by atoms with Crippen LogP contribution in [0.1, 0.15) is 26.3 Å². The number of ketones is 1. The summed E-state index contributed by atoms with van der Waals surface area (Å²) in [5.41, 5.74) is 2.53. The van der Waals surface area contributed by atoms with Crippen molar-refractivity contribution in [1.29, 1.82) is 0 Å². The lowest BCUT2D eigenvalue weighted by molar-refractivity contribution is 0.0733. The zero-order valence-corrected chi connectivity index (χ0v) is 20.2. The van der Waals surface area contributed by atoms with Gasteiger partial charge in [0.05, 0.1) is 32.5 Å². The van der Waals surface area contributed by atoms with E-state index in [4.69, 9.17) is 23.7 Å². The molecule has 0 aliphatic carbocycles. The number of nitrogens with zero attached hydrogens (tertiary/aromatic N) is 1. The fourth-order valence-electron chi connectivity index (χ4n) is 4.22. The van der Waals surface area contributed by atoms with Crippen LogP contribution in [-0.4, -0.2) is 37.6 Å². The Morgan fingerprint density at radius 1 is 0.944 bits per heavy atom. The summed E-state index contributed by atoms with van der Waals surface area (Å²) >= 11 is 0. The maximum atomic E-state index is 13.0. The number of hydrogen-bond acceptors (Lipinski definition) is 7. The molecule has 4 aromatic rings. The lowest BCUT2D eigenvalue weighted by Crippen LogP contribution is -2.09. The number of rotatable bonds is 6. The van der Waals surface area contributed by atoms with Crippen LogP contribution in [0.15, 0.2) is 66.6 Å². The highest BCUT2D eigenvalue weighted by atomic mass is 16.5. The summed E-state index contributed by atoms with van der Waals surface area (Å²) in [6.45, 7) is 0. The fourth-order valence-corrected chi connectivity index (χ4v) is 4.22. The van der Waals surface area contributed by atoms with Gasteiger partial charge in [-0.3, -0.25) is 4.79 Å². The Hall–Kier alpha value is -4.72. The van der Waals surface area contributed by atoms with Crippen LogP contribution in [0.25, 0.3) is 17.0 Å². The number of allylic oxidation sites excluding steroid dienone is 1. The van der Waals surface area contributed by atoms with E-state index in [0.717, 1.165) is 16.5 Å². The third kappa shape index (κ3) is 3.92. The number of para-hydroxylation sites is 1. The molecule has 1 aliphatic rings. The highest BCUT2D eigenvalue weighted by molar-refractivity contribution is 6.15. The molecule has 0 saturated carbocycles. The third-order valence-corrected chi connectivity index (χ3v) is 5.97. The predicted octanol–water partition coefficient (Wildman–Crippen LogP) is 5.04. The number of fused-ring (bicyclic) bond motifs is 2. The van der Waals surface area contributed by atoms with Crippen LogP contribution in [0.4, 0.5) is 0 Å². The summed E-state index contributed by atoms with van der Waals surface area (Å²) in [5.74, 6) is 0.907. The SMILES string of the molecule is COc1cc(C(=O)Oc2ccc3c(c2)OC(=Cc2cn(C)c4ccccc24)C3=O)cc(OC)c1OC. The minimum absolute atomic E-state index is 0.203. The Kier molecular flexibility index (Phi) is 5.85. The Morgan fingerprint density at radius 2 is 1.67 bits per heavy atom. The van der Waals surface area contributed by atoms with Crippen molar-refractivity contribution >= 4 is 28.7 Å². The fraction of sp³-hybridized carbons (Fsp3) is 0.143. The molecule has 0 N–H and O–H groups in total. The Balaban J connectivity index is 1.40. The van der Waals surface area contributed by atoms with Crippen molar-refractivity contribution < 1.29 is 33.3 Å². The number of aryl methyl sites for hydroxylation is 1. The quantitative estimate of drug-likeness (QED) is 0.215. The molecular formula is C28H23NO7. The van der Waals surface area contributed by atoms with Crippen LogP contribution >= 0.6 is 0 Å². The van der Waals surface area contributed by atoms with Gasteiger partial charge in [-0.1, -0.05) is 18.2 Å². The van der Waals surface area contributed by atoms with E-state index in [1.165, 1.54) is 39.5 Å². The van der Waals surface area contributed by atoms with Crippen molar-refractivity contribution in [3.05, 3.63) is 83.2 Å². The smallest absolute Gasteiger partial charge is 0.343 e. The molecule has 0 atom stereocenters. The standard InChI is InChI=1S/C28H23NO7/c1-29-15-17(19-7-5-6-8-21(19)29)13-23-26(30)20-10-9-18(14-22(20)36-23)35-28(31)16-11-24(32-2)27(34-4)25(12-16)33-3/h5-15H,1-4H3. The van der Waals surface area contributed by atoms with E-state index in [1.807, 2.05) is 42.1 Å². The molecule has 0 radical (unpaired) electrons. The molecule has 36 heavy (non-hydrogen) atoms. The van der Waals surface area contributed by atoms with Crippen LogP contribution in [0, 0.1) is 0 Å². The average molecular weight is 485 g/mol. The normalized spacial score (nSPS) is 13.4. The van der Waals surface area contributed by atoms with E-state index in [2.05, 4.69) is 0 Å². The van der Waals surface area contributed by atoms with Crippen LogP contribution in [-0.2, 0) is 7.05 Å². The van der Waals surface area contributed by atoms with Crippen molar-refractivity contribution in [3.8, 4) is 28.7 Å². The number of aromatic nitrogens is 1. The topological polar surface area (TPSA) is 85.2 Å². The van der Waals surface area contributed by atoms with Crippen molar-refractivity contribution in [1.82, 2.24) is 4.57 Å². The highest BCUT2D eigenvalue weighted by Gasteiger charge is 2.29. The largest absolute Gasteiger partial charge is 0.493 e. The second-order valence-electron chi connectivity index (χ2n) is 8.11. The third-order valence-electron chi connectivity index (χ3n) is 5.97. The van der Waals surface area contributed by atoms with Gasteiger partial charge < -0.3 is 28.3 Å². The van der Waals surface area contributed by atoms with Gasteiger partial charge in [-0.2, -0.15) is 0 Å². The first-order valence-corrected chi connectivity index (χ1v) is 11.1. The van der Waals surface area contributed by atoms with Crippen molar-refractivity contribution in [2.75, 3.05) is 21.3 Å². The minimum atomic E-state index is -0.634. The molecule has 0 bridgehead atoms. The van der Waals surface area contributed by atoms with Gasteiger partial charge in [-0.05, 0) is 36.4 Å².